The molecule has 0 aliphatic carbocycles. The lowest BCUT2D eigenvalue weighted by Gasteiger charge is -2.08. The van der Waals surface area contributed by atoms with Crippen LogP contribution in [0.3, 0.4) is 0 Å². The molecule has 1 N–H and O–H groups in total. The zero-order chi connectivity index (χ0) is 12.2. The summed E-state index contributed by atoms with van der Waals surface area (Å²) in [6.45, 7) is 0.375. The molecule has 0 radical (unpaired) electrons. The van der Waals surface area contributed by atoms with E-state index in [1.165, 1.54) is 6.07 Å². The van der Waals surface area contributed by atoms with Crippen LogP contribution in [0.25, 0.3) is 10.9 Å². The van der Waals surface area contributed by atoms with Crippen molar-refractivity contribution in [1.29, 1.82) is 0 Å². The minimum atomic E-state index is -4.32. The zero-order valence-electron chi connectivity index (χ0n) is 8.83. The lowest BCUT2D eigenvalue weighted by molar-refractivity contribution is -0.137. The molecule has 0 spiro atoms. The number of alkyl halides is 3. The summed E-state index contributed by atoms with van der Waals surface area (Å²) in [5.41, 5.74) is 0.797. The number of aromatic nitrogens is 1. The van der Waals surface area contributed by atoms with Crippen molar-refractivity contribution in [3.8, 4) is 0 Å². The van der Waals surface area contributed by atoms with E-state index >= 15 is 0 Å². The Morgan fingerprint density at radius 1 is 1.24 bits per heavy atom. The molecular formula is C12H10F3NO. The molecule has 0 saturated heterocycles. The van der Waals surface area contributed by atoms with Gasteiger partial charge in [-0.3, -0.25) is 0 Å². The van der Waals surface area contributed by atoms with Crippen LogP contribution in [0.4, 0.5) is 13.2 Å². The number of aliphatic hydroxyl groups excluding tert-OH is 1. The van der Waals surface area contributed by atoms with E-state index in [2.05, 4.69) is 0 Å². The number of fused-ring (bicyclic) bond motifs is 3. The van der Waals surface area contributed by atoms with Gasteiger partial charge < -0.3 is 9.67 Å². The molecule has 1 aromatic carbocycles. The highest BCUT2D eigenvalue weighted by Gasteiger charge is 2.31. The number of aliphatic hydroxyl groups is 1. The first kappa shape index (κ1) is 10.7. The van der Waals surface area contributed by atoms with E-state index < -0.39 is 17.8 Å². The SMILES string of the molecule is OC1Cc2cc3ccc(C(F)(F)F)cc3n2C1. The van der Waals surface area contributed by atoms with Crippen molar-refractivity contribution < 1.29 is 18.3 Å². The van der Waals surface area contributed by atoms with Crippen LogP contribution in [0, 0.1) is 0 Å². The molecule has 17 heavy (non-hydrogen) atoms. The molecule has 3 rings (SSSR count). The summed E-state index contributed by atoms with van der Waals surface area (Å²) < 4.78 is 39.5. The van der Waals surface area contributed by atoms with E-state index in [-0.39, 0.29) is 0 Å². The van der Waals surface area contributed by atoms with Gasteiger partial charge in [-0.05, 0) is 23.6 Å². The van der Waals surface area contributed by atoms with E-state index in [0.29, 0.717) is 18.5 Å². The molecule has 1 atom stereocenters. The Hall–Kier alpha value is -1.49. The molecule has 1 aliphatic rings. The second kappa shape index (κ2) is 3.26. The van der Waals surface area contributed by atoms with Crippen LogP contribution >= 0.6 is 0 Å². The Morgan fingerprint density at radius 3 is 2.71 bits per heavy atom. The van der Waals surface area contributed by atoms with E-state index in [1.54, 1.807) is 4.57 Å². The molecule has 1 unspecified atom stereocenters. The molecule has 2 nitrogen and oxygen atoms in total. The highest BCUT2D eigenvalue weighted by Crippen LogP contribution is 2.33. The van der Waals surface area contributed by atoms with Crippen molar-refractivity contribution in [2.45, 2.75) is 25.2 Å². The fourth-order valence-corrected chi connectivity index (χ4v) is 2.39. The summed E-state index contributed by atoms with van der Waals surface area (Å²) in [7, 11) is 0. The van der Waals surface area contributed by atoms with Gasteiger partial charge in [-0.2, -0.15) is 13.2 Å². The third-order valence-electron chi connectivity index (χ3n) is 3.16. The first-order valence-corrected chi connectivity index (χ1v) is 5.32. The molecule has 2 heterocycles. The smallest absolute Gasteiger partial charge is 0.391 e. The molecule has 90 valence electrons. The predicted molar refractivity (Wildman–Crippen MR) is 56.7 cm³/mol. The topological polar surface area (TPSA) is 25.2 Å². The van der Waals surface area contributed by atoms with Gasteiger partial charge in [0.25, 0.3) is 0 Å². The molecule has 0 amide bonds. The second-order valence-electron chi connectivity index (χ2n) is 4.38. The number of hydrogen-bond donors (Lipinski definition) is 1. The van der Waals surface area contributed by atoms with E-state index in [9.17, 15) is 18.3 Å². The maximum atomic E-state index is 12.6. The van der Waals surface area contributed by atoms with Crippen molar-refractivity contribution in [2.24, 2.45) is 0 Å². The number of halogens is 3. The average molecular weight is 241 g/mol. The van der Waals surface area contributed by atoms with Gasteiger partial charge in [0, 0.05) is 24.2 Å². The highest BCUT2D eigenvalue weighted by molar-refractivity contribution is 5.82. The lowest BCUT2D eigenvalue weighted by atomic mass is 10.1. The van der Waals surface area contributed by atoms with Gasteiger partial charge in [-0.25, -0.2) is 0 Å². The minimum absolute atomic E-state index is 0.375. The monoisotopic (exact) mass is 241 g/mol. The first-order valence-electron chi connectivity index (χ1n) is 5.32. The van der Waals surface area contributed by atoms with Crippen molar-refractivity contribution in [1.82, 2.24) is 4.57 Å². The number of hydrogen-bond acceptors (Lipinski definition) is 1. The van der Waals surface area contributed by atoms with Crippen molar-refractivity contribution in [3.63, 3.8) is 0 Å². The molecule has 1 aromatic heterocycles. The fourth-order valence-electron chi connectivity index (χ4n) is 2.39. The zero-order valence-corrected chi connectivity index (χ0v) is 8.83. The second-order valence-corrected chi connectivity index (χ2v) is 4.38. The number of rotatable bonds is 0. The molecular weight excluding hydrogens is 231 g/mol. The maximum Gasteiger partial charge on any atom is 0.416 e. The predicted octanol–water partition coefficient (Wildman–Crippen LogP) is 2.58. The minimum Gasteiger partial charge on any atom is -0.391 e. The lowest BCUT2D eigenvalue weighted by Crippen LogP contribution is -2.08. The van der Waals surface area contributed by atoms with Gasteiger partial charge in [0.2, 0.25) is 0 Å². The standard InChI is InChI=1S/C12H10F3NO/c13-12(14,15)8-2-1-7-3-9-5-10(17)6-16(9)11(7)4-8/h1-4,10,17H,5-6H2. The molecule has 5 heteroatoms. The summed E-state index contributed by atoms with van der Waals surface area (Å²) >= 11 is 0. The molecule has 2 aromatic rings. The Bertz CT molecular complexity index is 585. The van der Waals surface area contributed by atoms with Crippen molar-refractivity contribution in [2.75, 3.05) is 0 Å². The summed E-state index contributed by atoms with van der Waals surface area (Å²) in [6.07, 6.45) is -4.30. The molecule has 0 fully saturated rings. The summed E-state index contributed by atoms with van der Waals surface area (Å²) in [4.78, 5) is 0. The summed E-state index contributed by atoms with van der Waals surface area (Å²) in [5.74, 6) is 0. The van der Waals surface area contributed by atoms with Crippen LogP contribution in [0.15, 0.2) is 24.3 Å². The van der Waals surface area contributed by atoms with E-state index in [1.807, 2.05) is 6.07 Å². The summed E-state index contributed by atoms with van der Waals surface area (Å²) in [5, 5.41) is 10.3. The van der Waals surface area contributed by atoms with Crippen LogP contribution in [0.5, 0.6) is 0 Å². The largest absolute Gasteiger partial charge is 0.416 e. The third kappa shape index (κ3) is 1.61. The average Bonchev–Trinajstić information content (AvgIpc) is 2.71. The van der Waals surface area contributed by atoms with Crippen LogP contribution in [-0.2, 0) is 19.1 Å². The maximum absolute atomic E-state index is 12.6. The Morgan fingerprint density at radius 2 is 2.00 bits per heavy atom. The van der Waals surface area contributed by atoms with Crippen LogP contribution in [-0.4, -0.2) is 15.8 Å². The summed E-state index contributed by atoms with van der Waals surface area (Å²) in [6, 6.07) is 5.56. The Kier molecular flexibility index (Phi) is 2.04. The quantitative estimate of drug-likeness (QED) is 0.753. The van der Waals surface area contributed by atoms with Gasteiger partial charge in [-0.15, -0.1) is 0 Å². The van der Waals surface area contributed by atoms with Crippen molar-refractivity contribution >= 4 is 10.9 Å². The van der Waals surface area contributed by atoms with Gasteiger partial charge in [0.1, 0.15) is 0 Å². The molecule has 0 bridgehead atoms. The normalized spacial score (nSPS) is 19.9. The fraction of sp³-hybridized carbons (Fsp3) is 0.333. The van der Waals surface area contributed by atoms with Crippen LogP contribution < -0.4 is 0 Å². The number of benzene rings is 1. The van der Waals surface area contributed by atoms with Crippen LogP contribution in [0.1, 0.15) is 11.3 Å². The number of nitrogens with zero attached hydrogens (tertiary/aromatic N) is 1. The van der Waals surface area contributed by atoms with Crippen LogP contribution in [0.2, 0.25) is 0 Å². The van der Waals surface area contributed by atoms with Gasteiger partial charge >= 0.3 is 6.18 Å². The molecule has 1 aliphatic heterocycles. The first-order chi connectivity index (χ1) is 7.95. The molecule has 0 saturated carbocycles. The van der Waals surface area contributed by atoms with E-state index in [4.69, 9.17) is 0 Å². The van der Waals surface area contributed by atoms with Crippen molar-refractivity contribution in [3.05, 3.63) is 35.5 Å². The van der Waals surface area contributed by atoms with Gasteiger partial charge in [0.05, 0.1) is 11.7 Å². The van der Waals surface area contributed by atoms with E-state index in [0.717, 1.165) is 23.2 Å². The Labute approximate surface area is 95.3 Å². The third-order valence-corrected chi connectivity index (χ3v) is 3.16. The van der Waals surface area contributed by atoms with Gasteiger partial charge in [-0.1, -0.05) is 6.07 Å². The van der Waals surface area contributed by atoms with Gasteiger partial charge in [0.15, 0.2) is 0 Å². The Balaban J connectivity index is 2.19. The highest BCUT2D eigenvalue weighted by atomic mass is 19.4.